The molecule has 0 amide bonds. The van der Waals surface area contributed by atoms with E-state index < -0.39 is 0 Å². The van der Waals surface area contributed by atoms with Crippen LogP contribution in [0.5, 0.6) is 11.5 Å². The van der Waals surface area contributed by atoms with Gasteiger partial charge in [0.25, 0.3) is 5.56 Å². The van der Waals surface area contributed by atoms with Gasteiger partial charge in [0.2, 0.25) is 6.79 Å². The van der Waals surface area contributed by atoms with Crippen molar-refractivity contribution >= 4 is 33.3 Å². The average molecular weight is 521 g/mol. The molecule has 1 atom stereocenters. The molecule has 8 heteroatoms. The normalized spacial score (nSPS) is 16.6. The molecule has 0 saturated carbocycles. The second-order valence-corrected chi connectivity index (χ2v) is 11.6. The molecule has 2 aliphatic rings. The van der Waals surface area contributed by atoms with Crippen LogP contribution >= 0.6 is 23.1 Å². The van der Waals surface area contributed by atoms with Crippen LogP contribution in [-0.4, -0.2) is 22.4 Å². The van der Waals surface area contributed by atoms with Crippen LogP contribution in [0.25, 0.3) is 10.2 Å². The molecule has 36 heavy (non-hydrogen) atoms. The van der Waals surface area contributed by atoms with E-state index in [1.54, 1.807) is 23.1 Å². The quantitative estimate of drug-likeness (QED) is 0.226. The number of benzene rings is 2. The first kappa shape index (κ1) is 23.6. The maximum absolute atomic E-state index is 14.0. The maximum Gasteiger partial charge on any atom is 0.263 e. The molecule has 2 aliphatic heterocycles. The van der Waals surface area contributed by atoms with Crippen LogP contribution in [0.4, 0.5) is 0 Å². The minimum absolute atomic E-state index is 0.0611. The molecule has 2 aromatic carbocycles. The number of hydrogen-bond acceptors (Lipinski definition) is 7. The zero-order valence-corrected chi connectivity index (χ0v) is 22.0. The predicted molar refractivity (Wildman–Crippen MR) is 143 cm³/mol. The van der Waals surface area contributed by atoms with Crippen LogP contribution in [0.3, 0.4) is 0 Å². The summed E-state index contributed by atoms with van der Waals surface area (Å²) in [6.45, 7) is 5.75. The second-order valence-electron chi connectivity index (χ2n) is 9.54. The molecule has 1 unspecified atom stereocenters. The smallest absolute Gasteiger partial charge is 0.263 e. The van der Waals surface area contributed by atoms with Crippen LogP contribution in [0.2, 0.25) is 0 Å². The molecule has 0 fully saturated rings. The van der Waals surface area contributed by atoms with Crippen molar-refractivity contribution in [1.29, 1.82) is 0 Å². The Morgan fingerprint density at radius 2 is 1.94 bits per heavy atom. The van der Waals surface area contributed by atoms with E-state index in [1.165, 1.54) is 5.56 Å². The van der Waals surface area contributed by atoms with Crippen molar-refractivity contribution in [3.63, 3.8) is 0 Å². The van der Waals surface area contributed by atoms with Crippen LogP contribution in [0.1, 0.15) is 35.4 Å². The van der Waals surface area contributed by atoms with E-state index in [4.69, 9.17) is 19.2 Å². The lowest BCUT2D eigenvalue weighted by atomic mass is 9.96. The minimum Gasteiger partial charge on any atom is -0.454 e. The van der Waals surface area contributed by atoms with E-state index in [-0.39, 0.29) is 18.5 Å². The topological polar surface area (TPSA) is 62.6 Å². The average Bonchev–Trinajstić information content (AvgIpc) is 3.51. The highest BCUT2D eigenvalue weighted by molar-refractivity contribution is 7.98. The molecule has 0 saturated heterocycles. The monoisotopic (exact) mass is 520 g/mol. The van der Waals surface area contributed by atoms with Crippen molar-refractivity contribution in [2.45, 2.75) is 56.9 Å². The summed E-state index contributed by atoms with van der Waals surface area (Å²) in [7, 11) is 0. The molecule has 0 aliphatic carbocycles. The van der Waals surface area contributed by atoms with Crippen molar-refractivity contribution in [3.05, 3.63) is 80.5 Å². The van der Waals surface area contributed by atoms with E-state index in [9.17, 15) is 4.79 Å². The fraction of sp³-hybridized carbons (Fsp3) is 0.357. The van der Waals surface area contributed by atoms with Crippen LogP contribution in [0, 0.1) is 5.92 Å². The number of thioether (sulfide) groups is 1. The van der Waals surface area contributed by atoms with Crippen molar-refractivity contribution in [3.8, 4) is 11.5 Å². The number of fused-ring (bicyclic) bond motifs is 4. The van der Waals surface area contributed by atoms with Gasteiger partial charge in [0.05, 0.1) is 18.1 Å². The van der Waals surface area contributed by atoms with Crippen molar-refractivity contribution < 1.29 is 14.2 Å². The Balaban J connectivity index is 1.36. The van der Waals surface area contributed by atoms with E-state index >= 15 is 0 Å². The van der Waals surface area contributed by atoms with Crippen LogP contribution in [-0.2, 0) is 36.5 Å². The van der Waals surface area contributed by atoms with Gasteiger partial charge in [0.1, 0.15) is 4.83 Å². The van der Waals surface area contributed by atoms with Crippen LogP contribution < -0.4 is 15.0 Å². The minimum atomic E-state index is 0.0611. The van der Waals surface area contributed by atoms with Gasteiger partial charge < -0.3 is 14.2 Å². The third-order valence-corrected chi connectivity index (χ3v) is 8.96. The first-order chi connectivity index (χ1) is 17.6. The molecule has 186 valence electrons. The first-order valence-corrected chi connectivity index (χ1v) is 14.1. The summed E-state index contributed by atoms with van der Waals surface area (Å²) in [4.78, 5) is 21.0. The van der Waals surface area contributed by atoms with E-state index in [1.807, 2.05) is 41.0 Å². The number of rotatable bonds is 7. The lowest BCUT2D eigenvalue weighted by Gasteiger charge is -2.26. The number of hydrogen-bond donors (Lipinski definition) is 0. The zero-order valence-electron chi connectivity index (χ0n) is 20.4. The second kappa shape index (κ2) is 9.92. The summed E-state index contributed by atoms with van der Waals surface area (Å²) < 4.78 is 18.9. The third kappa shape index (κ3) is 4.53. The third-order valence-electron chi connectivity index (χ3n) is 6.81. The van der Waals surface area contributed by atoms with E-state index in [2.05, 4.69) is 26.0 Å². The Labute approximate surface area is 218 Å². The standard InChI is InChI=1S/C28H28N2O4S2/c1-17(2)22-13-20-24(14-32-22)36-26-25(20)27(31)30(11-10-18-6-4-3-5-7-18)28(29-26)35-15-19-8-9-21-23(12-19)34-16-33-21/h3-9,12,17,22H,10-11,13-16H2,1-2H3. The maximum atomic E-state index is 14.0. The number of thiophene rings is 1. The molecule has 0 bridgehead atoms. The molecule has 0 spiro atoms. The summed E-state index contributed by atoms with van der Waals surface area (Å²) in [6.07, 6.45) is 1.68. The molecule has 2 aromatic heterocycles. The van der Waals surface area contributed by atoms with Gasteiger partial charge in [-0.05, 0) is 41.2 Å². The lowest BCUT2D eigenvalue weighted by molar-refractivity contribution is 0.00200. The fourth-order valence-electron chi connectivity index (χ4n) is 4.74. The number of aryl methyl sites for hydroxylation is 1. The molecular formula is C28H28N2O4S2. The molecule has 0 radical (unpaired) electrons. The largest absolute Gasteiger partial charge is 0.454 e. The molecular weight excluding hydrogens is 492 g/mol. The Morgan fingerprint density at radius 1 is 1.11 bits per heavy atom. The van der Waals surface area contributed by atoms with Gasteiger partial charge in [-0.25, -0.2) is 4.98 Å². The summed E-state index contributed by atoms with van der Waals surface area (Å²) in [6, 6.07) is 16.3. The first-order valence-electron chi connectivity index (χ1n) is 12.3. The van der Waals surface area contributed by atoms with Gasteiger partial charge in [-0.3, -0.25) is 9.36 Å². The Morgan fingerprint density at radius 3 is 2.78 bits per heavy atom. The highest BCUT2D eigenvalue weighted by atomic mass is 32.2. The van der Waals surface area contributed by atoms with Gasteiger partial charge in [0.15, 0.2) is 16.7 Å². The fourth-order valence-corrected chi connectivity index (χ4v) is 6.87. The molecule has 4 aromatic rings. The van der Waals surface area contributed by atoms with E-state index in [0.717, 1.165) is 55.7 Å². The van der Waals surface area contributed by atoms with Gasteiger partial charge in [0, 0.05) is 23.6 Å². The Kier molecular flexibility index (Phi) is 6.50. The van der Waals surface area contributed by atoms with Gasteiger partial charge in [-0.15, -0.1) is 11.3 Å². The summed E-state index contributed by atoms with van der Waals surface area (Å²) in [5, 5.41) is 1.53. The summed E-state index contributed by atoms with van der Waals surface area (Å²) in [5.74, 6) is 2.62. The zero-order chi connectivity index (χ0) is 24.6. The van der Waals surface area contributed by atoms with Gasteiger partial charge in [-0.1, -0.05) is 62.0 Å². The predicted octanol–water partition coefficient (Wildman–Crippen LogP) is 5.82. The number of ether oxygens (including phenoxy) is 3. The Bertz CT molecular complexity index is 1460. The van der Waals surface area contributed by atoms with E-state index in [0.29, 0.717) is 24.8 Å². The lowest BCUT2D eigenvalue weighted by Crippen LogP contribution is -2.29. The molecule has 6 nitrogen and oxygen atoms in total. The summed E-state index contributed by atoms with van der Waals surface area (Å²) in [5.41, 5.74) is 3.51. The van der Waals surface area contributed by atoms with Gasteiger partial charge >= 0.3 is 0 Å². The van der Waals surface area contributed by atoms with Gasteiger partial charge in [-0.2, -0.15) is 0 Å². The number of aromatic nitrogens is 2. The van der Waals surface area contributed by atoms with Crippen molar-refractivity contribution in [2.24, 2.45) is 5.92 Å². The van der Waals surface area contributed by atoms with Crippen molar-refractivity contribution in [2.75, 3.05) is 6.79 Å². The highest BCUT2D eigenvalue weighted by Crippen LogP contribution is 2.37. The molecule has 6 rings (SSSR count). The van der Waals surface area contributed by atoms with Crippen LogP contribution in [0.15, 0.2) is 58.5 Å². The molecule has 4 heterocycles. The molecule has 0 N–H and O–H groups in total. The summed E-state index contributed by atoms with van der Waals surface area (Å²) >= 11 is 3.20. The number of nitrogens with zero attached hydrogens (tertiary/aromatic N) is 2. The van der Waals surface area contributed by atoms with Crippen molar-refractivity contribution in [1.82, 2.24) is 9.55 Å². The SMILES string of the molecule is CC(C)C1Cc2c(sc3nc(SCc4ccc5c(c4)OCO5)n(CCc4ccccc4)c(=O)c23)CO1. The highest BCUT2D eigenvalue weighted by Gasteiger charge is 2.28. The Hall–Kier alpha value is -2.81.